The average molecular weight is 304 g/mol. The van der Waals surface area contributed by atoms with Crippen molar-refractivity contribution in [3.63, 3.8) is 0 Å². The molecule has 98 valence electrons. The fourth-order valence-electron chi connectivity index (χ4n) is 1.81. The third-order valence-electron chi connectivity index (χ3n) is 2.67. The van der Waals surface area contributed by atoms with Gasteiger partial charge in [0.25, 0.3) is 0 Å². The molecule has 3 heterocycles. The van der Waals surface area contributed by atoms with E-state index >= 15 is 0 Å². The van der Waals surface area contributed by atoms with E-state index in [0.717, 1.165) is 30.2 Å². The number of rotatable bonds is 3. The van der Waals surface area contributed by atoms with Crippen LogP contribution in [0.4, 0.5) is 0 Å². The lowest BCUT2D eigenvalue weighted by atomic mass is 10.2. The molecule has 2 aromatic heterocycles. The SMILES string of the molecule is Cl.c1cc(-c2noc(CC3CSCCN3)n2)cs1. The molecule has 1 saturated heterocycles. The van der Waals surface area contributed by atoms with Crippen molar-refractivity contribution in [2.75, 3.05) is 18.1 Å². The summed E-state index contributed by atoms with van der Waals surface area (Å²) in [5, 5.41) is 11.5. The highest BCUT2D eigenvalue weighted by Gasteiger charge is 2.17. The Kier molecular flexibility index (Phi) is 5.05. The molecule has 0 spiro atoms. The van der Waals surface area contributed by atoms with E-state index in [1.165, 1.54) is 5.75 Å². The molecule has 0 amide bonds. The zero-order valence-corrected chi connectivity index (χ0v) is 12.1. The zero-order chi connectivity index (χ0) is 11.5. The van der Waals surface area contributed by atoms with Crippen molar-refractivity contribution >= 4 is 35.5 Å². The van der Waals surface area contributed by atoms with Crippen LogP contribution in [0.1, 0.15) is 5.89 Å². The fraction of sp³-hybridized carbons (Fsp3) is 0.455. The van der Waals surface area contributed by atoms with Crippen molar-refractivity contribution in [1.82, 2.24) is 15.5 Å². The van der Waals surface area contributed by atoms with Gasteiger partial charge in [0.2, 0.25) is 11.7 Å². The Balaban J connectivity index is 0.00000120. The summed E-state index contributed by atoms with van der Waals surface area (Å²) in [6.07, 6.45) is 0.824. The second-order valence-electron chi connectivity index (χ2n) is 3.95. The maximum atomic E-state index is 5.29. The van der Waals surface area contributed by atoms with Gasteiger partial charge in [-0.25, -0.2) is 0 Å². The largest absolute Gasteiger partial charge is 0.339 e. The van der Waals surface area contributed by atoms with Gasteiger partial charge in [-0.1, -0.05) is 5.16 Å². The molecule has 4 nitrogen and oxygen atoms in total. The van der Waals surface area contributed by atoms with Crippen molar-refractivity contribution in [2.24, 2.45) is 0 Å². The van der Waals surface area contributed by atoms with Crippen molar-refractivity contribution < 1.29 is 4.52 Å². The quantitative estimate of drug-likeness (QED) is 0.944. The molecule has 0 radical (unpaired) electrons. The van der Waals surface area contributed by atoms with E-state index in [1.807, 2.05) is 28.6 Å². The Labute approximate surface area is 120 Å². The standard InChI is InChI=1S/C11H13N3OS2.ClH/c1-3-16-6-8(1)11-13-10(15-14-11)5-9-7-17-4-2-12-9;/h1,3,6,9,12H,2,4-5,7H2;1H. The van der Waals surface area contributed by atoms with Gasteiger partial charge in [-0.05, 0) is 11.4 Å². The highest BCUT2D eigenvalue weighted by molar-refractivity contribution is 7.99. The maximum Gasteiger partial charge on any atom is 0.228 e. The van der Waals surface area contributed by atoms with Crippen LogP contribution >= 0.6 is 35.5 Å². The minimum absolute atomic E-state index is 0. The number of halogens is 1. The summed E-state index contributed by atoms with van der Waals surface area (Å²) in [6.45, 7) is 1.07. The molecule has 1 aliphatic rings. The van der Waals surface area contributed by atoms with Gasteiger partial charge < -0.3 is 9.84 Å². The topological polar surface area (TPSA) is 51.0 Å². The number of thioether (sulfide) groups is 1. The smallest absolute Gasteiger partial charge is 0.228 e. The Bertz CT molecular complexity index is 468. The van der Waals surface area contributed by atoms with E-state index in [-0.39, 0.29) is 12.4 Å². The van der Waals surface area contributed by atoms with Crippen LogP contribution in [0.15, 0.2) is 21.3 Å². The Morgan fingerprint density at radius 1 is 1.50 bits per heavy atom. The first-order chi connectivity index (χ1) is 8.42. The first kappa shape index (κ1) is 13.9. The molecule has 1 aliphatic heterocycles. The summed E-state index contributed by atoms with van der Waals surface area (Å²) in [4.78, 5) is 4.43. The van der Waals surface area contributed by atoms with Crippen LogP contribution in [-0.2, 0) is 6.42 Å². The van der Waals surface area contributed by atoms with Gasteiger partial charge in [-0.2, -0.15) is 28.1 Å². The number of nitrogens with one attached hydrogen (secondary N) is 1. The van der Waals surface area contributed by atoms with Gasteiger partial charge >= 0.3 is 0 Å². The van der Waals surface area contributed by atoms with E-state index < -0.39 is 0 Å². The number of thiophene rings is 1. The van der Waals surface area contributed by atoms with Gasteiger partial charge in [-0.15, -0.1) is 12.4 Å². The third-order valence-corrected chi connectivity index (χ3v) is 4.48. The number of nitrogens with zero attached hydrogens (tertiary/aromatic N) is 2. The molecule has 0 aromatic carbocycles. The van der Waals surface area contributed by atoms with Crippen molar-refractivity contribution in [2.45, 2.75) is 12.5 Å². The van der Waals surface area contributed by atoms with Crippen molar-refractivity contribution in [1.29, 1.82) is 0 Å². The van der Waals surface area contributed by atoms with Crippen LogP contribution in [0.3, 0.4) is 0 Å². The molecule has 3 rings (SSSR count). The second kappa shape index (κ2) is 6.56. The van der Waals surface area contributed by atoms with E-state index in [0.29, 0.717) is 11.9 Å². The molecule has 2 aromatic rings. The number of hydrogen-bond acceptors (Lipinski definition) is 6. The van der Waals surface area contributed by atoms with Crippen LogP contribution in [-0.4, -0.2) is 34.2 Å². The zero-order valence-electron chi connectivity index (χ0n) is 9.67. The Morgan fingerprint density at radius 2 is 2.44 bits per heavy atom. The lowest BCUT2D eigenvalue weighted by Crippen LogP contribution is -2.38. The predicted molar refractivity (Wildman–Crippen MR) is 77.7 cm³/mol. The Morgan fingerprint density at radius 3 is 3.17 bits per heavy atom. The molecule has 1 N–H and O–H groups in total. The lowest BCUT2D eigenvalue weighted by molar-refractivity contribution is 0.363. The molecular formula is C11H14ClN3OS2. The summed E-state index contributed by atoms with van der Waals surface area (Å²) >= 11 is 3.62. The molecule has 0 saturated carbocycles. The highest BCUT2D eigenvalue weighted by Crippen LogP contribution is 2.19. The van der Waals surface area contributed by atoms with E-state index in [4.69, 9.17) is 4.52 Å². The summed E-state index contributed by atoms with van der Waals surface area (Å²) in [5.74, 6) is 3.74. The fourth-order valence-corrected chi connectivity index (χ4v) is 3.39. The first-order valence-electron chi connectivity index (χ1n) is 5.58. The number of hydrogen-bond donors (Lipinski definition) is 1. The van der Waals surface area contributed by atoms with Gasteiger partial charge in [0.1, 0.15) is 0 Å². The van der Waals surface area contributed by atoms with Crippen LogP contribution in [0.2, 0.25) is 0 Å². The minimum Gasteiger partial charge on any atom is -0.339 e. The van der Waals surface area contributed by atoms with Gasteiger partial charge in [0, 0.05) is 41.5 Å². The molecule has 0 bridgehead atoms. The summed E-state index contributed by atoms with van der Waals surface area (Å²) in [6, 6.07) is 2.47. The predicted octanol–water partition coefficient (Wildman–Crippen LogP) is 2.47. The highest BCUT2D eigenvalue weighted by atomic mass is 35.5. The van der Waals surface area contributed by atoms with Crippen LogP contribution < -0.4 is 5.32 Å². The molecule has 1 unspecified atom stereocenters. The van der Waals surface area contributed by atoms with Gasteiger partial charge in [-0.3, -0.25) is 0 Å². The molecule has 7 heteroatoms. The molecule has 0 aliphatic carbocycles. The third kappa shape index (κ3) is 3.26. The first-order valence-corrected chi connectivity index (χ1v) is 7.68. The molecule has 1 fully saturated rings. The van der Waals surface area contributed by atoms with E-state index in [9.17, 15) is 0 Å². The van der Waals surface area contributed by atoms with Crippen LogP contribution in [0.25, 0.3) is 11.4 Å². The summed E-state index contributed by atoms with van der Waals surface area (Å²) in [7, 11) is 0. The monoisotopic (exact) mass is 303 g/mol. The van der Waals surface area contributed by atoms with Gasteiger partial charge in [0.05, 0.1) is 0 Å². The van der Waals surface area contributed by atoms with Crippen LogP contribution in [0, 0.1) is 0 Å². The molecule has 18 heavy (non-hydrogen) atoms. The number of aromatic nitrogens is 2. The van der Waals surface area contributed by atoms with Gasteiger partial charge in [0.15, 0.2) is 0 Å². The van der Waals surface area contributed by atoms with Crippen molar-refractivity contribution in [3.8, 4) is 11.4 Å². The Hall–Kier alpha value is -0.560. The van der Waals surface area contributed by atoms with E-state index in [1.54, 1.807) is 11.3 Å². The second-order valence-corrected chi connectivity index (χ2v) is 5.88. The minimum atomic E-state index is 0. The average Bonchev–Trinajstić information content (AvgIpc) is 3.00. The summed E-state index contributed by atoms with van der Waals surface area (Å²) in [5.41, 5.74) is 1.04. The van der Waals surface area contributed by atoms with E-state index in [2.05, 4.69) is 15.5 Å². The van der Waals surface area contributed by atoms with Crippen LogP contribution in [0.5, 0.6) is 0 Å². The lowest BCUT2D eigenvalue weighted by Gasteiger charge is -2.21. The molecular weight excluding hydrogens is 290 g/mol. The summed E-state index contributed by atoms with van der Waals surface area (Å²) < 4.78 is 5.29. The normalized spacial score (nSPS) is 19.4. The maximum absolute atomic E-state index is 5.29. The molecule has 1 atom stereocenters. The van der Waals surface area contributed by atoms with Crippen molar-refractivity contribution in [3.05, 3.63) is 22.7 Å².